The molecule has 0 amide bonds. The number of hydrogen-bond acceptors (Lipinski definition) is 3. The molecular formula is C18H22ClN3OS. The lowest BCUT2D eigenvalue weighted by molar-refractivity contribution is 0.195. The Balaban J connectivity index is 2.06. The van der Waals surface area contributed by atoms with Gasteiger partial charge in [-0.05, 0) is 41.9 Å². The number of aromatic nitrogens is 1. The van der Waals surface area contributed by atoms with Crippen LogP contribution in [-0.2, 0) is 17.8 Å². The third-order valence-electron chi connectivity index (χ3n) is 3.50. The molecule has 0 bridgehead atoms. The molecule has 2 rings (SSSR count). The van der Waals surface area contributed by atoms with E-state index in [1.807, 2.05) is 42.6 Å². The first-order chi connectivity index (χ1) is 11.7. The van der Waals surface area contributed by atoms with E-state index in [-0.39, 0.29) is 0 Å². The van der Waals surface area contributed by atoms with Crippen LogP contribution in [0.3, 0.4) is 0 Å². The highest BCUT2D eigenvalue weighted by atomic mass is 35.5. The van der Waals surface area contributed by atoms with Gasteiger partial charge >= 0.3 is 0 Å². The number of benzene rings is 1. The van der Waals surface area contributed by atoms with E-state index in [1.165, 1.54) is 0 Å². The summed E-state index contributed by atoms with van der Waals surface area (Å²) < 4.78 is 5.07. The van der Waals surface area contributed by atoms with E-state index in [2.05, 4.69) is 15.2 Å². The maximum atomic E-state index is 6.30. The van der Waals surface area contributed by atoms with Crippen molar-refractivity contribution in [3.63, 3.8) is 0 Å². The summed E-state index contributed by atoms with van der Waals surface area (Å²) in [5, 5.41) is 4.74. The van der Waals surface area contributed by atoms with Gasteiger partial charge in [-0.1, -0.05) is 35.9 Å². The molecule has 0 fully saturated rings. The van der Waals surface area contributed by atoms with E-state index in [1.54, 1.807) is 13.3 Å². The molecule has 6 heteroatoms. The minimum atomic E-state index is 0.644. The first-order valence-corrected chi connectivity index (χ1v) is 8.63. The van der Waals surface area contributed by atoms with Gasteiger partial charge < -0.3 is 15.0 Å². The molecule has 0 aliphatic carbocycles. The van der Waals surface area contributed by atoms with Crippen LogP contribution in [0.1, 0.15) is 17.5 Å². The van der Waals surface area contributed by atoms with Crippen molar-refractivity contribution in [1.29, 1.82) is 0 Å². The lowest BCUT2D eigenvalue weighted by atomic mass is 10.2. The Morgan fingerprint density at radius 2 is 2.08 bits per heavy atom. The molecule has 24 heavy (non-hydrogen) atoms. The fraction of sp³-hybridized carbons (Fsp3) is 0.333. The minimum absolute atomic E-state index is 0.644. The Morgan fingerprint density at radius 1 is 1.25 bits per heavy atom. The van der Waals surface area contributed by atoms with Crippen molar-refractivity contribution in [3.8, 4) is 0 Å². The second kappa shape index (κ2) is 10.2. The van der Waals surface area contributed by atoms with Crippen LogP contribution in [0, 0.1) is 0 Å². The van der Waals surface area contributed by atoms with Crippen molar-refractivity contribution in [3.05, 3.63) is 64.9 Å². The van der Waals surface area contributed by atoms with Gasteiger partial charge in [0.15, 0.2) is 5.11 Å². The average molecular weight is 364 g/mol. The van der Waals surface area contributed by atoms with Crippen LogP contribution in [0.15, 0.2) is 48.8 Å². The molecule has 0 unspecified atom stereocenters. The summed E-state index contributed by atoms with van der Waals surface area (Å²) in [6.07, 6.45) is 4.53. The summed E-state index contributed by atoms with van der Waals surface area (Å²) in [5.41, 5.74) is 2.15. The maximum absolute atomic E-state index is 6.30. The van der Waals surface area contributed by atoms with Gasteiger partial charge in [0.2, 0.25) is 0 Å². The van der Waals surface area contributed by atoms with Gasteiger partial charge in [-0.15, -0.1) is 0 Å². The number of hydrogen-bond donors (Lipinski definition) is 1. The summed E-state index contributed by atoms with van der Waals surface area (Å²) in [6, 6.07) is 11.8. The predicted octanol–water partition coefficient (Wildman–Crippen LogP) is 3.65. The van der Waals surface area contributed by atoms with E-state index in [9.17, 15) is 0 Å². The van der Waals surface area contributed by atoms with Gasteiger partial charge in [-0.25, -0.2) is 0 Å². The average Bonchev–Trinajstić information content (AvgIpc) is 2.61. The second-order valence-corrected chi connectivity index (χ2v) is 6.18. The topological polar surface area (TPSA) is 37.4 Å². The fourth-order valence-corrected chi connectivity index (χ4v) is 2.69. The number of rotatable bonds is 8. The Hall–Kier alpha value is -1.69. The molecule has 0 radical (unpaired) electrons. The standard InChI is InChI=1S/C18H22ClN3OS/c1-23-11-5-10-21-18(24)22(13-15-6-4-9-20-12-15)14-16-7-2-3-8-17(16)19/h2-4,6-9,12H,5,10-11,13-14H2,1H3,(H,21,24). The number of thiocarbonyl (C=S) groups is 1. The van der Waals surface area contributed by atoms with Gasteiger partial charge in [0.1, 0.15) is 0 Å². The molecule has 1 N–H and O–H groups in total. The van der Waals surface area contributed by atoms with Gasteiger partial charge in [0.05, 0.1) is 0 Å². The third kappa shape index (κ3) is 6.07. The van der Waals surface area contributed by atoms with Crippen molar-refractivity contribution < 1.29 is 4.74 Å². The second-order valence-electron chi connectivity index (χ2n) is 5.39. The van der Waals surface area contributed by atoms with Crippen molar-refractivity contribution in [2.75, 3.05) is 20.3 Å². The van der Waals surface area contributed by atoms with Crippen LogP contribution in [-0.4, -0.2) is 35.3 Å². The molecule has 0 atom stereocenters. The Kier molecular flexibility index (Phi) is 7.95. The molecular weight excluding hydrogens is 342 g/mol. The van der Waals surface area contributed by atoms with Gasteiger partial charge in [0, 0.05) is 50.8 Å². The van der Waals surface area contributed by atoms with Crippen LogP contribution in [0.4, 0.5) is 0 Å². The van der Waals surface area contributed by atoms with Crippen LogP contribution in [0.2, 0.25) is 5.02 Å². The maximum Gasteiger partial charge on any atom is 0.169 e. The summed E-state index contributed by atoms with van der Waals surface area (Å²) in [7, 11) is 1.70. The quantitative estimate of drug-likeness (QED) is 0.572. The first kappa shape index (κ1) is 18.6. The Bertz CT molecular complexity index is 639. The van der Waals surface area contributed by atoms with E-state index in [4.69, 9.17) is 28.6 Å². The molecule has 0 aliphatic rings. The number of nitrogens with one attached hydrogen (secondary N) is 1. The van der Waals surface area contributed by atoms with E-state index in [0.717, 1.165) is 29.1 Å². The zero-order valence-electron chi connectivity index (χ0n) is 13.7. The Labute approximate surface area is 153 Å². The smallest absolute Gasteiger partial charge is 0.169 e. The normalized spacial score (nSPS) is 10.4. The number of ether oxygens (including phenoxy) is 1. The molecule has 1 aromatic carbocycles. The molecule has 1 aromatic heterocycles. The number of nitrogens with zero attached hydrogens (tertiary/aromatic N) is 2. The van der Waals surface area contributed by atoms with Crippen LogP contribution >= 0.6 is 23.8 Å². The summed E-state index contributed by atoms with van der Waals surface area (Å²) >= 11 is 11.9. The minimum Gasteiger partial charge on any atom is -0.385 e. The van der Waals surface area contributed by atoms with Gasteiger partial charge in [0.25, 0.3) is 0 Å². The van der Waals surface area contributed by atoms with Crippen molar-refractivity contribution in [2.24, 2.45) is 0 Å². The summed E-state index contributed by atoms with van der Waals surface area (Å²) in [6.45, 7) is 2.81. The van der Waals surface area contributed by atoms with Crippen molar-refractivity contribution in [1.82, 2.24) is 15.2 Å². The largest absolute Gasteiger partial charge is 0.385 e. The van der Waals surface area contributed by atoms with E-state index in [0.29, 0.717) is 24.8 Å². The molecule has 4 nitrogen and oxygen atoms in total. The molecule has 2 aromatic rings. The lowest BCUT2D eigenvalue weighted by Gasteiger charge is -2.26. The highest BCUT2D eigenvalue weighted by Crippen LogP contribution is 2.18. The zero-order chi connectivity index (χ0) is 17.2. The SMILES string of the molecule is COCCCNC(=S)N(Cc1cccnc1)Cc1ccccc1Cl. The van der Waals surface area contributed by atoms with Gasteiger partial charge in [-0.2, -0.15) is 0 Å². The highest BCUT2D eigenvalue weighted by molar-refractivity contribution is 7.80. The molecule has 0 saturated carbocycles. The fourth-order valence-electron chi connectivity index (χ4n) is 2.27. The van der Waals surface area contributed by atoms with Crippen molar-refractivity contribution >= 4 is 28.9 Å². The monoisotopic (exact) mass is 363 g/mol. The van der Waals surface area contributed by atoms with Gasteiger partial charge in [-0.3, -0.25) is 4.98 Å². The number of halogens is 1. The molecule has 0 spiro atoms. The highest BCUT2D eigenvalue weighted by Gasteiger charge is 2.12. The lowest BCUT2D eigenvalue weighted by Crippen LogP contribution is -2.39. The van der Waals surface area contributed by atoms with E-state index < -0.39 is 0 Å². The molecule has 0 saturated heterocycles. The summed E-state index contributed by atoms with van der Waals surface area (Å²) in [5.74, 6) is 0. The first-order valence-electron chi connectivity index (χ1n) is 7.84. The number of methoxy groups -OCH3 is 1. The predicted molar refractivity (Wildman–Crippen MR) is 102 cm³/mol. The molecule has 128 valence electrons. The molecule has 1 heterocycles. The third-order valence-corrected chi connectivity index (χ3v) is 4.28. The van der Waals surface area contributed by atoms with E-state index >= 15 is 0 Å². The van der Waals surface area contributed by atoms with Crippen LogP contribution in [0.5, 0.6) is 0 Å². The van der Waals surface area contributed by atoms with Crippen LogP contribution < -0.4 is 5.32 Å². The summed E-state index contributed by atoms with van der Waals surface area (Å²) in [4.78, 5) is 6.27. The molecule has 0 aliphatic heterocycles. The van der Waals surface area contributed by atoms with Crippen LogP contribution in [0.25, 0.3) is 0 Å². The van der Waals surface area contributed by atoms with Crippen molar-refractivity contribution in [2.45, 2.75) is 19.5 Å². The zero-order valence-corrected chi connectivity index (χ0v) is 15.3. The Morgan fingerprint density at radius 3 is 2.79 bits per heavy atom. The number of pyridine rings is 1.